The smallest absolute Gasteiger partial charge is 0.294 e. The fourth-order valence-electron chi connectivity index (χ4n) is 4.32. The van der Waals surface area contributed by atoms with Crippen molar-refractivity contribution in [2.24, 2.45) is 0 Å². The molecule has 0 spiro atoms. The molecule has 1 aromatic heterocycles. The van der Waals surface area contributed by atoms with Gasteiger partial charge in [-0.05, 0) is 66.8 Å². The molecule has 0 radical (unpaired) electrons. The molecule has 0 atom stereocenters. The molecule has 1 amide bonds. The van der Waals surface area contributed by atoms with E-state index in [9.17, 15) is 9.90 Å². The van der Waals surface area contributed by atoms with Gasteiger partial charge in [0.2, 0.25) is 0 Å². The van der Waals surface area contributed by atoms with Crippen LogP contribution in [0.15, 0.2) is 65.3 Å². The van der Waals surface area contributed by atoms with Crippen molar-refractivity contribution < 1.29 is 19.1 Å². The number of methoxy groups -OCH3 is 1. The van der Waals surface area contributed by atoms with E-state index in [1.807, 2.05) is 29.2 Å². The number of amides is 1. The second-order valence-corrected chi connectivity index (χ2v) is 8.19. The number of anilines is 1. The summed E-state index contributed by atoms with van der Waals surface area (Å²) in [4.78, 5) is 17.6. The first-order valence-electron chi connectivity index (χ1n) is 11.1. The molecule has 6 nitrogen and oxygen atoms in total. The summed E-state index contributed by atoms with van der Waals surface area (Å²) in [5, 5.41) is 9.82. The van der Waals surface area contributed by atoms with E-state index >= 15 is 0 Å². The minimum absolute atomic E-state index is 0.0963. The Balaban J connectivity index is 1.48. The zero-order valence-corrected chi connectivity index (χ0v) is 18.7. The normalized spacial score (nSPS) is 14.9. The Bertz CT molecular complexity index is 1020. The van der Waals surface area contributed by atoms with Crippen molar-refractivity contribution in [1.29, 1.82) is 0 Å². The van der Waals surface area contributed by atoms with Crippen molar-refractivity contribution in [2.45, 2.75) is 38.8 Å². The number of nitrogens with zero attached hydrogens (tertiary/aromatic N) is 2. The molecular formula is C26H30N2O4. The third-order valence-corrected chi connectivity index (χ3v) is 6.15. The second-order valence-electron chi connectivity index (χ2n) is 8.19. The second kappa shape index (κ2) is 9.92. The number of phenols is 1. The van der Waals surface area contributed by atoms with Gasteiger partial charge in [0.1, 0.15) is 0 Å². The van der Waals surface area contributed by atoms with Crippen LogP contribution < -0.4 is 9.64 Å². The van der Waals surface area contributed by atoms with Crippen LogP contribution in [0.5, 0.6) is 11.5 Å². The van der Waals surface area contributed by atoms with Gasteiger partial charge < -0.3 is 19.2 Å². The van der Waals surface area contributed by atoms with Crippen molar-refractivity contribution in [3.8, 4) is 11.5 Å². The van der Waals surface area contributed by atoms with Crippen molar-refractivity contribution in [2.75, 3.05) is 25.1 Å². The van der Waals surface area contributed by atoms with E-state index in [-0.39, 0.29) is 17.7 Å². The van der Waals surface area contributed by atoms with Gasteiger partial charge in [-0.15, -0.1) is 0 Å². The van der Waals surface area contributed by atoms with Crippen molar-refractivity contribution >= 4 is 11.6 Å². The van der Waals surface area contributed by atoms with Crippen molar-refractivity contribution in [1.82, 2.24) is 4.90 Å². The Labute approximate surface area is 189 Å². The molecule has 0 unspecified atom stereocenters. The summed E-state index contributed by atoms with van der Waals surface area (Å²) < 4.78 is 10.7. The lowest BCUT2D eigenvalue weighted by molar-refractivity contribution is 0.0931. The fourth-order valence-corrected chi connectivity index (χ4v) is 4.32. The summed E-state index contributed by atoms with van der Waals surface area (Å²) in [6.45, 7) is 4.66. The highest BCUT2D eigenvalue weighted by atomic mass is 16.5. The van der Waals surface area contributed by atoms with Crippen LogP contribution in [0.1, 0.15) is 41.4 Å². The largest absolute Gasteiger partial charge is 0.504 e. The monoisotopic (exact) mass is 434 g/mol. The zero-order chi connectivity index (χ0) is 22.5. The summed E-state index contributed by atoms with van der Waals surface area (Å²) in [5.74, 6) is 0.906. The molecule has 1 aliphatic heterocycles. The van der Waals surface area contributed by atoms with E-state index in [1.165, 1.54) is 5.56 Å². The standard InChI is InChI=1S/C26H30N2O4/c1-3-19-6-9-21(10-7-19)28(26(30)24-5-4-16-32-24)22-12-14-27(15-13-22)18-20-8-11-23(29)25(17-20)31-2/h4-11,16-17,22,29H,3,12-15,18H2,1-2H3. The summed E-state index contributed by atoms with van der Waals surface area (Å²) in [7, 11) is 1.56. The maximum Gasteiger partial charge on any atom is 0.294 e. The highest BCUT2D eigenvalue weighted by Crippen LogP contribution is 2.29. The number of rotatable bonds is 7. The molecule has 32 heavy (non-hydrogen) atoms. The lowest BCUT2D eigenvalue weighted by Gasteiger charge is -2.38. The molecule has 0 saturated carbocycles. The molecule has 2 heterocycles. The molecule has 0 aliphatic carbocycles. The maximum atomic E-state index is 13.3. The van der Waals surface area contributed by atoms with Crippen LogP contribution in [0.25, 0.3) is 0 Å². The Morgan fingerprint density at radius 3 is 2.47 bits per heavy atom. The van der Waals surface area contributed by atoms with E-state index < -0.39 is 0 Å². The molecule has 1 saturated heterocycles. The van der Waals surface area contributed by atoms with Gasteiger partial charge in [0, 0.05) is 31.4 Å². The number of piperidine rings is 1. The van der Waals surface area contributed by atoms with Crippen LogP contribution >= 0.6 is 0 Å². The highest BCUT2D eigenvalue weighted by Gasteiger charge is 2.31. The minimum Gasteiger partial charge on any atom is -0.504 e. The predicted octanol–water partition coefficient (Wildman–Crippen LogP) is 4.87. The summed E-state index contributed by atoms with van der Waals surface area (Å²) in [5.41, 5.74) is 3.25. The fraction of sp³-hybridized carbons (Fsp3) is 0.346. The third-order valence-electron chi connectivity index (χ3n) is 6.15. The number of hydrogen-bond acceptors (Lipinski definition) is 5. The first-order valence-corrected chi connectivity index (χ1v) is 11.1. The number of carbonyl (C=O) groups excluding carboxylic acids is 1. The zero-order valence-electron chi connectivity index (χ0n) is 18.7. The number of hydrogen-bond donors (Lipinski definition) is 1. The van der Waals surface area contributed by atoms with Crippen molar-refractivity contribution in [3.63, 3.8) is 0 Å². The Kier molecular flexibility index (Phi) is 6.81. The quantitative estimate of drug-likeness (QED) is 0.575. The number of likely N-dealkylation sites (tertiary alicyclic amines) is 1. The lowest BCUT2D eigenvalue weighted by Crippen LogP contribution is -2.47. The van der Waals surface area contributed by atoms with Crippen LogP contribution in [-0.2, 0) is 13.0 Å². The Morgan fingerprint density at radius 2 is 1.84 bits per heavy atom. The van der Waals surface area contributed by atoms with E-state index in [0.717, 1.165) is 50.1 Å². The van der Waals surface area contributed by atoms with Gasteiger partial charge in [0.25, 0.3) is 5.91 Å². The third kappa shape index (κ3) is 4.81. The summed E-state index contributed by atoms with van der Waals surface area (Å²) in [6, 6.07) is 17.3. The maximum absolute atomic E-state index is 13.3. The van der Waals surface area contributed by atoms with Crippen LogP contribution in [0.4, 0.5) is 5.69 Å². The van der Waals surface area contributed by atoms with Gasteiger partial charge in [-0.3, -0.25) is 9.69 Å². The van der Waals surface area contributed by atoms with Gasteiger partial charge in [-0.2, -0.15) is 0 Å². The highest BCUT2D eigenvalue weighted by molar-refractivity contribution is 6.04. The molecule has 168 valence electrons. The topological polar surface area (TPSA) is 66.2 Å². The van der Waals surface area contributed by atoms with E-state index in [4.69, 9.17) is 9.15 Å². The lowest BCUT2D eigenvalue weighted by atomic mass is 10.0. The SMILES string of the molecule is CCc1ccc(N(C(=O)c2ccco2)C2CCN(Cc3ccc(O)c(OC)c3)CC2)cc1. The Morgan fingerprint density at radius 1 is 1.12 bits per heavy atom. The van der Waals surface area contributed by atoms with Gasteiger partial charge in [0.15, 0.2) is 17.3 Å². The van der Waals surface area contributed by atoms with Gasteiger partial charge in [0.05, 0.1) is 13.4 Å². The van der Waals surface area contributed by atoms with E-state index in [2.05, 4.69) is 24.0 Å². The van der Waals surface area contributed by atoms with Crippen LogP contribution in [0, 0.1) is 0 Å². The minimum atomic E-state index is -0.0963. The van der Waals surface area contributed by atoms with Crippen LogP contribution in [0.2, 0.25) is 0 Å². The molecule has 1 aliphatic rings. The van der Waals surface area contributed by atoms with E-state index in [0.29, 0.717) is 11.5 Å². The average Bonchev–Trinajstić information content (AvgIpc) is 3.37. The van der Waals surface area contributed by atoms with Gasteiger partial charge in [-0.1, -0.05) is 25.1 Å². The van der Waals surface area contributed by atoms with Crippen LogP contribution in [0.3, 0.4) is 0 Å². The molecule has 1 N–H and O–H groups in total. The predicted molar refractivity (Wildman–Crippen MR) is 124 cm³/mol. The first kappa shape index (κ1) is 22.0. The number of carbonyl (C=O) groups is 1. The molecule has 1 fully saturated rings. The summed E-state index contributed by atoms with van der Waals surface area (Å²) in [6.07, 6.45) is 4.25. The van der Waals surface area contributed by atoms with Crippen LogP contribution in [-0.4, -0.2) is 42.2 Å². The molecule has 4 rings (SSSR count). The van der Waals surface area contributed by atoms with Gasteiger partial charge >= 0.3 is 0 Å². The summed E-state index contributed by atoms with van der Waals surface area (Å²) >= 11 is 0. The molecule has 0 bridgehead atoms. The van der Waals surface area contributed by atoms with E-state index in [1.54, 1.807) is 31.6 Å². The Hall–Kier alpha value is -3.25. The number of ether oxygens (including phenoxy) is 1. The number of aromatic hydroxyl groups is 1. The number of aryl methyl sites for hydroxylation is 1. The molecule has 6 heteroatoms. The number of furan rings is 1. The van der Waals surface area contributed by atoms with Gasteiger partial charge in [-0.25, -0.2) is 0 Å². The number of phenolic OH excluding ortho intramolecular Hbond substituents is 1. The number of benzene rings is 2. The first-order chi connectivity index (χ1) is 15.6. The van der Waals surface area contributed by atoms with Crippen molar-refractivity contribution in [3.05, 3.63) is 77.7 Å². The molecular weight excluding hydrogens is 404 g/mol. The molecule has 2 aromatic carbocycles. The average molecular weight is 435 g/mol. The molecule has 3 aromatic rings.